The van der Waals surface area contributed by atoms with Gasteiger partial charge in [-0.2, -0.15) is 8.42 Å². The molecule has 3 aromatic rings. The van der Waals surface area contributed by atoms with Crippen molar-refractivity contribution in [3.8, 4) is 11.5 Å². The van der Waals surface area contributed by atoms with E-state index in [1.54, 1.807) is 6.07 Å². The Hall–Kier alpha value is -1.67. The van der Waals surface area contributed by atoms with Crippen molar-refractivity contribution in [1.82, 2.24) is 0 Å². The Bertz CT molecular complexity index is 1190. The van der Waals surface area contributed by atoms with Crippen LogP contribution in [-0.4, -0.2) is 23.2 Å². The van der Waals surface area contributed by atoms with E-state index in [-0.39, 0.29) is 31.2 Å². The van der Waals surface area contributed by atoms with Crippen molar-refractivity contribution in [2.45, 2.75) is 4.75 Å². The summed E-state index contributed by atoms with van der Waals surface area (Å²) >= 11 is 24.3. The zero-order valence-electron chi connectivity index (χ0n) is 14.3. The van der Waals surface area contributed by atoms with Gasteiger partial charge in [0.2, 0.25) is 0 Å². The molecule has 3 N–H and O–H groups in total. The van der Waals surface area contributed by atoms with E-state index >= 15 is 0 Å². The number of hydrogen-bond donors (Lipinski definition) is 3. The van der Waals surface area contributed by atoms with Crippen LogP contribution >= 0.6 is 46.4 Å². The largest absolute Gasteiger partial charge is 0.508 e. The minimum absolute atomic E-state index is 0.0323. The summed E-state index contributed by atoms with van der Waals surface area (Å²) in [5.41, 5.74) is -0.601. The van der Waals surface area contributed by atoms with Gasteiger partial charge in [-0.3, -0.25) is 4.55 Å². The number of benzene rings is 3. The summed E-state index contributed by atoms with van der Waals surface area (Å²) in [6.07, 6.45) is 0. The zero-order chi connectivity index (χ0) is 21.6. The van der Waals surface area contributed by atoms with Gasteiger partial charge in [0.05, 0.1) is 5.02 Å². The van der Waals surface area contributed by atoms with E-state index in [4.69, 9.17) is 46.4 Å². The van der Waals surface area contributed by atoms with Crippen molar-refractivity contribution in [3.63, 3.8) is 0 Å². The average Bonchev–Trinajstić information content (AvgIpc) is 2.59. The summed E-state index contributed by atoms with van der Waals surface area (Å²) in [5.74, 6) is -1.13. The van der Waals surface area contributed by atoms with E-state index in [0.29, 0.717) is 0 Å². The maximum absolute atomic E-state index is 13.0. The van der Waals surface area contributed by atoms with E-state index in [1.807, 2.05) is 0 Å². The molecule has 0 saturated carbocycles. The SMILES string of the molecule is O=S(=O)(O)C(c1cc(Cl)cc(Cl)c1)(c1cc(O)c(Cl)cc1O)c1ccccc1Cl. The molecule has 0 heterocycles. The van der Waals surface area contributed by atoms with Crippen LogP contribution in [0.4, 0.5) is 0 Å². The second-order valence-corrected chi connectivity index (χ2v) is 9.36. The van der Waals surface area contributed by atoms with Gasteiger partial charge >= 0.3 is 0 Å². The third-order valence-electron chi connectivity index (χ3n) is 4.35. The smallest absolute Gasteiger partial charge is 0.283 e. The van der Waals surface area contributed by atoms with Gasteiger partial charge < -0.3 is 10.2 Å². The molecule has 0 aliphatic heterocycles. The van der Waals surface area contributed by atoms with Crippen molar-refractivity contribution in [2.75, 3.05) is 0 Å². The van der Waals surface area contributed by atoms with Crippen molar-refractivity contribution in [1.29, 1.82) is 0 Å². The van der Waals surface area contributed by atoms with Crippen LogP contribution in [-0.2, 0) is 14.9 Å². The van der Waals surface area contributed by atoms with Gasteiger partial charge in [-0.15, -0.1) is 0 Å². The second kappa shape index (κ2) is 7.87. The molecule has 3 aromatic carbocycles. The Labute approximate surface area is 186 Å². The van der Waals surface area contributed by atoms with E-state index in [9.17, 15) is 23.2 Å². The number of halogens is 4. The Morgan fingerprint density at radius 3 is 1.86 bits per heavy atom. The van der Waals surface area contributed by atoms with E-state index in [1.165, 1.54) is 36.4 Å². The quantitative estimate of drug-likeness (QED) is 0.239. The van der Waals surface area contributed by atoms with E-state index in [0.717, 1.165) is 12.1 Å². The second-order valence-electron chi connectivity index (χ2n) is 6.11. The molecule has 1 unspecified atom stereocenters. The number of phenolic OH excluding ortho intramolecular Hbond substituents is 2. The van der Waals surface area contributed by atoms with Crippen LogP contribution in [0, 0.1) is 0 Å². The normalized spacial score (nSPS) is 13.8. The highest BCUT2D eigenvalue weighted by molar-refractivity contribution is 7.87. The predicted molar refractivity (Wildman–Crippen MR) is 114 cm³/mol. The first-order valence-electron chi connectivity index (χ1n) is 7.89. The van der Waals surface area contributed by atoms with Crippen molar-refractivity contribution in [2.24, 2.45) is 0 Å². The first-order chi connectivity index (χ1) is 13.5. The highest BCUT2D eigenvalue weighted by Crippen LogP contribution is 2.51. The molecular formula is C19H12Cl4O5S. The lowest BCUT2D eigenvalue weighted by Crippen LogP contribution is -2.38. The Morgan fingerprint density at radius 2 is 1.31 bits per heavy atom. The van der Waals surface area contributed by atoms with Crippen LogP contribution in [0.3, 0.4) is 0 Å². The molecule has 0 aromatic heterocycles. The van der Waals surface area contributed by atoms with Gasteiger partial charge in [-0.25, -0.2) is 0 Å². The Balaban J connectivity index is 2.63. The molecule has 0 amide bonds. The summed E-state index contributed by atoms with van der Waals surface area (Å²) in [7, 11) is -5.11. The third-order valence-corrected chi connectivity index (χ3v) is 6.87. The van der Waals surface area contributed by atoms with Crippen LogP contribution in [0.15, 0.2) is 54.6 Å². The first-order valence-corrected chi connectivity index (χ1v) is 10.8. The van der Waals surface area contributed by atoms with Crippen LogP contribution < -0.4 is 0 Å². The first kappa shape index (κ1) is 22.0. The molecule has 152 valence electrons. The average molecular weight is 494 g/mol. The van der Waals surface area contributed by atoms with Gasteiger partial charge in [0.15, 0.2) is 4.75 Å². The summed E-state index contributed by atoms with van der Waals surface area (Å²) in [6.45, 7) is 0. The van der Waals surface area contributed by atoms with Crippen molar-refractivity contribution < 1.29 is 23.2 Å². The lowest BCUT2D eigenvalue weighted by Gasteiger charge is -2.34. The standard InChI is InChI=1S/C19H12Cl4O5S/c20-11-5-10(6-12(21)7-11)19(29(26,27)28,13-3-1-2-4-15(13)22)14-8-18(25)16(23)9-17(14)24/h1-9,24-25H,(H,26,27,28). The molecule has 0 fully saturated rings. The summed E-state index contributed by atoms with van der Waals surface area (Å²) in [4.78, 5) is 0. The number of rotatable bonds is 4. The summed E-state index contributed by atoms with van der Waals surface area (Å²) in [5, 5.41) is 20.6. The molecule has 0 aliphatic rings. The van der Waals surface area contributed by atoms with Gasteiger partial charge in [-0.05, 0) is 35.9 Å². The highest BCUT2D eigenvalue weighted by Gasteiger charge is 2.51. The summed E-state index contributed by atoms with van der Waals surface area (Å²) < 4.78 is 33.9. The van der Waals surface area contributed by atoms with Gasteiger partial charge in [0, 0.05) is 32.3 Å². The topological polar surface area (TPSA) is 94.8 Å². The predicted octanol–water partition coefficient (Wildman–Crippen LogP) is 5.89. The fourth-order valence-electron chi connectivity index (χ4n) is 3.22. The highest BCUT2D eigenvalue weighted by atomic mass is 35.5. The zero-order valence-corrected chi connectivity index (χ0v) is 18.1. The Kier molecular flexibility index (Phi) is 5.98. The van der Waals surface area contributed by atoms with Crippen LogP contribution in [0.5, 0.6) is 11.5 Å². The molecule has 0 bridgehead atoms. The molecule has 0 spiro atoms. The summed E-state index contributed by atoms with van der Waals surface area (Å²) in [6, 6.07) is 11.6. The van der Waals surface area contributed by atoms with Crippen LogP contribution in [0.1, 0.15) is 16.7 Å². The number of aromatic hydroxyl groups is 2. The van der Waals surface area contributed by atoms with Gasteiger partial charge in [0.1, 0.15) is 11.5 Å². The minimum atomic E-state index is -5.11. The molecule has 5 nitrogen and oxygen atoms in total. The third kappa shape index (κ3) is 3.77. The monoisotopic (exact) mass is 492 g/mol. The van der Waals surface area contributed by atoms with E-state index < -0.39 is 31.9 Å². The lowest BCUT2D eigenvalue weighted by atomic mass is 9.83. The number of hydrogen-bond acceptors (Lipinski definition) is 4. The molecule has 1 atom stereocenters. The molecule has 0 radical (unpaired) electrons. The number of phenols is 2. The molecule has 3 rings (SSSR count). The Morgan fingerprint density at radius 1 is 0.724 bits per heavy atom. The molecular weight excluding hydrogens is 482 g/mol. The van der Waals surface area contributed by atoms with Gasteiger partial charge in [-0.1, -0.05) is 64.6 Å². The maximum atomic E-state index is 13.0. The van der Waals surface area contributed by atoms with Crippen molar-refractivity contribution >= 4 is 56.5 Å². The molecule has 0 saturated heterocycles. The minimum Gasteiger partial charge on any atom is -0.508 e. The van der Waals surface area contributed by atoms with Crippen molar-refractivity contribution in [3.05, 3.63) is 91.4 Å². The fourth-order valence-corrected chi connectivity index (χ4v) is 5.55. The molecule has 29 heavy (non-hydrogen) atoms. The fraction of sp³-hybridized carbons (Fsp3) is 0.0526. The lowest BCUT2D eigenvalue weighted by molar-refractivity contribution is 0.434. The maximum Gasteiger partial charge on any atom is 0.283 e. The van der Waals surface area contributed by atoms with E-state index in [2.05, 4.69) is 0 Å². The van der Waals surface area contributed by atoms with Gasteiger partial charge in [0.25, 0.3) is 10.1 Å². The van der Waals surface area contributed by atoms with Crippen LogP contribution in [0.2, 0.25) is 20.1 Å². The van der Waals surface area contributed by atoms with Crippen LogP contribution in [0.25, 0.3) is 0 Å². The molecule has 0 aliphatic carbocycles. The molecule has 10 heteroatoms.